The molecule has 1 N–H and O–H groups in total. The Labute approximate surface area is 99.8 Å². The van der Waals surface area contributed by atoms with Crippen molar-refractivity contribution in [2.45, 2.75) is 6.54 Å². The first kappa shape index (κ1) is 13.6. The zero-order valence-corrected chi connectivity index (χ0v) is 9.93. The van der Waals surface area contributed by atoms with Gasteiger partial charge in [-0.05, 0) is 12.1 Å². The molecule has 0 aliphatic rings. The van der Waals surface area contributed by atoms with Gasteiger partial charge in [0.1, 0.15) is 0 Å². The molecule has 94 valence electrons. The second-order valence-electron chi connectivity index (χ2n) is 3.19. The lowest BCUT2D eigenvalue weighted by Crippen LogP contribution is -2.18. The van der Waals surface area contributed by atoms with Gasteiger partial charge < -0.3 is 9.47 Å². The SMILES string of the molecule is COCCONCc1ccc(C(=O)OC)cn1. The third-order valence-electron chi connectivity index (χ3n) is 1.99. The van der Waals surface area contributed by atoms with Gasteiger partial charge in [0.15, 0.2) is 0 Å². The van der Waals surface area contributed by atoms with E-state index >= 15 is 0 Å². The van der Waals surface area contributed by atoms with Crippen molar-refractivity contribution in [2.24, 2.45) is 0 Å². The largest absolute Gasteiger partial charge is 0.465 e. The van der Waals surface area contributed by atoms with E-state index < -0.39 is 5.97 Å². The first-order valence-corrected chi connectivity index (χ1v) is 5.14. The molecule has 0 bridgehead atoms. The number of esters is 1. The van der Waals surface area contributed by atoms with Crippen LogP contribution in [0.15, 0.2) is 18.3 Å². The molecule has 0 amide bonds. The minimum absolute atomic E-state index is 0.395. The highest BCUT2D eigenvalue weighted by Gasteiger charge is 2.04. The normalized spacial score (nSPS) is 10.2. The fraction of sp³-hybridized carbons (Fsp3) is 0.455. The second-order valence-corrected chi connectivity index (χ2v) is 3.19. The van der Waals surface area contributed by atoms with E-state index in [0.717, 1.165) is 5.69 Å². The third-order valence-corrected chi connectivity index (χ3v) is 1.99. The molecule has 1 rings (SSSR count). The quantitative estimate of drug-likeness (QED) is 0.426. The van der Waals surface area contributed by atoms with Gasteiger partial charge in [0, 0.05) is 13.3 Å². The number of nitrogens with one attached hydrogen (secondary N) is 1. The molecule has 6 nitrogen and oxygen atoms in total. The number of pyridine rings is 1. The maximum absolute atomic E-state index is 11.1. The highest BCUT2D eigenvalue weighted by molar-refractivity contribution is 5.88. The van der Waals surface area contributed by atoms with Crippen molar-refractivity contribution < 1.29 is 19.1 Å². The number of carbonyl (C=O) groups is 1. The molecule has 0 unspecified atom stereocenters. The fourth-order valence-electron chi connectivity index (χ4n) is 1.09. The number of hydroxylamine groups is 1. The van der Waals surface area contributed by atoms with Gasteiger partial charge >= 0.3 is 5.97 Å². The molecule has 0 saturated carbocycles. The molecular formula is C11H16N2O4. The Morgan fingerprint density at radius 2 is 2.18 bits per heavy atom. The van der Waals surface area contributed by atoms with Crippen LogP contribution in [0.2, 0.25) is 0 Å². The van der Waals surface area contributed by atoms with Gasteiger partial charge in [-0.2, -0.15) is 5.48 Å². The zero-order chi connectivity index (χ0) is 12.5. The molecule has 0 aromatic carbocycles. The molecule has 0 spiro atoms. The predicted octanol–water partition coefficient (Wildman–Crippen LogP) is 0.536. The Morgan fingerprint density at radius 3 is 2.76 bits per heavy atom. The van der Waals surface area contributed by atoms with Crippen LogP contribution in [0.3, 0.4) is 0 Å². The number of ether oxygens (including phenoxy) is 2. The molecular weight excluding hydrogens is 224 g/mol. The summed E-state index contributed by atoms with van der Waals surface area (Å²) in [6, 6.07) is 3.39. The van der Waals surface area contributed by atoms with Gasteiger partial charge in [0.25, 0.3) is 0 Å². The molecule has 0 aliphatic heterocycles. The maximum Gasteiger partial charge on any atom is 0.339 e. The Balaban J connectivity index is 2.33. The Morgan fingerprint density at radius 1 is 1.35 bits per heavy atom. The van der Waals surface area contributed by atoms with Crippen LogP contribution in [0.25, 0.3) is 0 Å². The van der Waals surface area contributed by atoms with Crippen LogP contribution >= 0.6 is 0 Å². The van der Waals surface area contributed by atoms with Crippen LogP contribution < -0.4 is 5.48 Å². The highest BCUT2D eigenvalue weighted by atomic mass is 16.7. The van der Waals surface area contributed by atoms with E-state index in [-0.39, 0.29) is 0 Å². The number of carbonyl (C=O) groups excluding carboxylic acids is 1. The lowest BCUT2D eigenvalue weighted by molar-refractivity contribution is 0.00298. The summed E-state index contributed by atoms with van der Waals surface area (Å²) in [5, 5.41) is 0. The summed E-state index contributed by atoms with van der Waals surface area (Å²) in [6.07, 6.45) is 1.47. The molecule has 0 aliphatic carbocycles. The molecule has 0 fully saturated rings. The lowest BCUT2D eigenvalue weighted by Gasteiger charge is -2.05. The summed E-state index contributed by atoms with van der Waals surface area (Å²) in [7, 11) is 2.94. The Bertz CT molecular complexity index is 340. The van der Waals surface area contributed by atoms with Crippen molar-refractivity contribution >= 4 is 5.97 Å². The van der Waals surface area contributed by atoms with Crippen molar-refractivity contribution in [3.05, 3.63) is 29.6 Å². The number of aromatic nitrogens is 1. The fourth-order valence-corrected chi connectivity index (χ4v) is 1.09. The maximum atomic E-state index is 11.1. The first-order chi connectivity index (χ1) is 8.27. The van der Waals surface area contributed by atoms with E-state index in [1.54, 1.807) is 19.2 Å². The smallest absolute Gasteiger partial charge is 0.339 e. The van der Waals surface area contributed by atoms with Gasteiger partial charge in [-0.25, -0.2) is 4.79 Å². The van der Waals surface area contributed by atoms with Gasteiger partial charge in [-0.3, -0.25) is 9.82 Å². The van der Waals surface area contributed by atoms with E-state index in [1.807, 2.05) is 0 Å². The van der Waals surface area contributed by atoms with Crippen LogP contribution in [0.4, 0.5) is 0 Å². The van der Waals surface area contributed by atoms with Crippen molar-refractivity contribution in [3.63, 3.8) is 0 Å². The average molecular weight is 240 g/mol. The van der Waals surface area contributed by atoms with Gasteiger partial charge in [-0.1, -0.05) is 0 Å². The van der Waals surface area contributed by atoms with Crippen molar-refractivity contribution in [1.29, 1.82) is 0 Å². The third kappa shape index (κ3) is 4.90. The van der Waals surface area contributed by atoms with Crippen molar-refractivity contribution in [3.8, 4) is 0 Å². The minimum Gasteiger partial charge on any atom is -0.465 e. The van der Waals surface area contributed by atoms with E-state index in [1.165, 1.54) is 13.3 Å². The summed E-state index contributed by atoms with van der Waals surface area (Å²) in [5.74, 6) is -0.395. The topological polar surface area (TPSA) is 69.7 Å². The number of hydrogen-bond acceptors (Lipinski definition) is 6. The monoisotopic (exact) mass is 240 g/mol. The van der Waals surface area contributed by atoms with Crippen LogP contribution in [0.5, 0.6) is 0 Å². The summed E-state index contributed by atoms with van der Waals surface area (Å²) < 4.78 is 9.38. The van der Waals surface area contributed by atoms with Crippen LogP contribution in [-0.2, 0) is 20.9 Å². The number of hydrogen-bond donors (Lipinski definition) is 1. The predicted molar refractivity (Wildman–Crippen MR) is 60.2 cm³/mol. The molecule has 1 heterocycles. The van der Waals surface area contributed by atoms with Gasteiger partial charge in [0.2, 0.25) is 0 Å². The van der Waals surface area contributed by atoms with Crippen molar-refractivity contribution in [1.82, 2.24) is 10.5 Å². The standard InChI is InChI=1S/C11H16N2O4/c1-15-5-6-17-13-8-10-4-3-9(7-12-10)11(14)16-2/h3-4,7,13H,5-6,8H2,1-2H3. The van der Waals surface area contributed by atoms with Crippen LogP contribution in [-0.4, -0.2) is 38.4 Å². The molecule has 1 aromatic rings. The number of nitrogens with zero attached hydrogens (tertiary/aromatic N) is 1. The van der Waals surface area contributed by atoms with Gasteiger partial charge in [-0.15, -0.1) is 0 Å². The van der Waals surface area contributed by atoms with E-state index in [2.05, 4.69) is 15.2 Å². The summed E-state index contributed by atoms with van der Waals surface area (Å²) in [5.41, 5.74) is 3.94. The molecule has 0 saturated heterocycles. The average Bonchev–Trinajstić information content (AvgIpc) is 2.38. The molecule has 6 heteroatoms. The minimum atomic E-state index is -0.395. The van der Waals surface area contributed by atoms with E-state index in [0.29, 0.717) is 25.3 Å². The van der Waals surface area contributed by atoms with Gasteiger partial charge in [0.05, 0.1) is 38.1 Å². The Kier molecular flexibility index (Phi) is 6.16. The first-order valence-electron chi connectivity index (χ1n) is 5.14. The van der Waals surface area contributed by atoms with E-state index in [9.17, 15) is 4.79 Å². The summed E-state index contributed by atoms with van der Waals surface area (Å²) in [6.45, 7) is 1.46. The molecule has 1 aromatic heterocycles. The molecule has 0 radical (unpaired) electrons. The van der Waals surface area contributed by atoms with Crippen molar-refractivity contribution in [2.75, 3.05) is 27.4 Å². The highest BCUT2D eigenvalue weighted by Crippen LogP contribution is 2.01. The Hall–Kier alpha value is -1.50. The summed E-state index contributed by atoms with van der Waals surface area (Å²) in [4.78, 5) is 20.3. The number of rotatable bonds is 7. The molecule has 17 heavy (non-hydrogen) atoms. The summed E-state index contributed by atoms with van der Waals surface area (Å²) >= 11 is 0. The number of methoxy groups -OCH3 is 2. The van der Waals surface area contributed by atoms with Crippen LogP contribution in [0.1, 0.15) is 16.1 Å². The van der Waals surface area contributed by atoms with Crippen LogP contribution in [0, 0.1) is 0 Å². The second kappa shape index (κ2) is 7.72. The zero-order valence-electron chi connectivity index (χ0n) is 9.93. The molecule has 0 atom stereocenters. The lowest BCUT2D eigenvalue weighted by atomic mass is 10.2. The van der Waals surface area contributed by atoms with E-state index in [4.69, 9.17) is 9.57 Å².